The van der Waals surface area contributed by atoms with Gasteiger partial charge >= 0.3 is 0 Å². The van der Waals surface area contributed by atoms with Gasteiger partial charge in [0.1, 0.15) is 0 Å². The second kappa shape index (κ2) is 7.62. The van der Waals surface area contributed by atoms with Crippen LogP contribution >= 0.6 is 0 Å². The smallest absolute Gasteiger partial charge is 0.263 e. The highest BCUT2D eigenvalue weighted by Gasteiger charge is 2.25. The van der Waals surface area contributed by atoms with Gasteiger partial charge in [-0.25, -0.2) is 8.42 Å². The van der Waals surface area contributed by atoms with E-state index >= 15 is 0 Å². The van der Waals surface area contributed by atoms with E-state index in [1.165, 1.54) is 4.31 Å². The molecule has 0 atom stereocenters. The van der Waals surface area contributed by atoms with Crippen LogP contribution in [-0.2, 0) is 10.0 Å². The van der Waals surface area contributed by atoms with Crippen molar-refractivity contribution in [3.8, 4) is 11.8 Å². The summed E-state index contributed by atoms with van der Waals surface area (Å²) in [6.07, 6.45) is 6.73. The molecule has 0 spiro atoms. The van der Waals surface area contributed by atoms with E-state index in [0.29, 0.717) is 17.2 Å². The van der Waals surface area contributed by atoms with Crippen molar-refractivity contribution in [1.29, 1.82) is 0 Å². The fourth-order valence-electron chi connectivity index (χ4n) is 2.71. The molecule has 0 N–H and O–H groups in total. The van der Waals surface area contributed by atoms with Crippen LogP contribution in [0.3, 0.4) is 0 Å². The molecule has 0 radical (unpaired) electrons. The molecule has 1 aliphatic heterocycles. The maximum atomic E-state index is 12.6. The molecule has 1 aliphatic rings. The third kappa shape index (κ3) is 4.34. The SMILES string of the molecule is Cc1ccc(S(=O)(=O)N2C=C(CCCC#Cc3ccco3)CC2)cc1. The molecule has 1 aromatic carbocycles. The third-order valence-corrected chi connectivity index (χ3v) is 5.91. The van der Waals surface area contributed by atoms with Crippen molar-refractivity contribution in [2.75, 3.05) is 6.54 Å². The predicted octanol–water partition coefficient (Wildman–Crippen LogP) is 4.09. The molecule has 0 saturated heterocycles. The van der Waals surface area contributed by atoms with Crippen molar-refractivity contribution >= 4 is 10.0 Å². The van der Waals surface area contributed by atoms with Crippen LogP contribution in [0.15, 0.2) is 63.7 Å². The standard InChI is InChI=1S/C20H21NO3S/c1-17-9-11-20(12-10-17)25(22,23)21-14-13-18(16-21)6-3-2-4-7-19-8-5-15-24-19/h5,8-12,15-16H,2-3,6,13-14H2,1H3. The predicted molar refractivity (Wildman–Crippen MR) is 97.2 cm³/mol. The van der Waals surface area contributed by atoms with E-state index in [-0.39, 0.29) is 0 Å². The molecular formula is C20H21NO3S. The Bertz CT molecular complexity index is 898. The minimum atomic E-state index is -3.44. The first-order valence-electron chi connectivity index (χ1n) is 8.36. The Morgan fingerprint density at radius 1 is 1.20 bits per heavy atom. The number of nitrogens with zero attached hydrogens (tertiary/aromatic N) is 1. The van der Waals surface area contributed by atoms with Crippen LogP contribution in [0.4, 0.5) is 0 Å². The van der Waals surface area contributed by atoms with Gasteiger partial charge < -0.3 is 4.42 Å². The Balaban J connectivity index is 1.55. The molecule has 0 aliphatic carbocycles. The largest absolute Gasteiger partial charge is 0.456 e. The second-order valence-electron chi connectivity index (χ2n) is 6.10. The van der Waals surface area contributed by atoms with Crippen molar-refractivity contribution in [2.24, 2.45) is 0 Å². The van der Waals surface area contributed by atoms with Crippen molar-refractivity contribution in [3.05, 3.63) is 65.8 Å². The highest BCUT2D eigenvalue weighted by molar-refractivity contribution is 7.89. The van der Waals surface area contributed by atoms with E-state index in [0.717, 1.165) is 36.8 Å². The quantitative estimate of drug-likeness (QED) is 0.600. The first-order valence-corrected chi connectivity index (χ1v) is 9.80. The van der Waals surface area contributed by atoms with Gasteiger partial charge in [-0.1, -0.05) is 29.2 Å². The molecule has 2 heterocycles. The number of furan rings is 1. The molecule has 130 valence electrons. The molecule has 2 aromatic rings. The number of rotatable bonds is 5. The lowest BCUT2D eigenvalue weighted by Crippen LogP contribution is -2.23. The minimum absolute atomic E-state index is 0.347. The number of benzene rings is 1. The van der Waals surface area contributed by atoms with E-state index in [9.17, 15) is 8.42 Å². The van der Waals surface area contributed by atoms with Gasteiger partial charge in [-0.3, -0.25) is 4.31 Å². The van der Waals surface area contributed by atoms with Gasteiger partial charge in [0.2, 0.25) is 0 Å². The van der Waals surface area contributed by atoms with Crippen molar-refractivity contribution in [1.82, 2.24) is 4.31 Å². The molecule has 0 saturated carbocycles. The molecule has 0 fully saturated rings. The minimum Gasteiger partial charge on any atom is -0.456 e. The average Bonchev–Trinajstić information content (AvgIpc) is 3.27. The Kier molecular flexibility index (Phi) is 5.30. The zero-order valence-electron chi connectivity index (χ0n) is 14.2. The fourth-order valence-corrected chi connectivity index (χ4v) is 4.08. The Morgan fingerprint density at radius 2 is 2.00 bits per heavy atom. The Morgan fingerprint density at radius 3 is 2.72 bits per heavy atom. The van der Waals surface area contributed by atoms with E-state index in [2.05, 4.69) is 11.8 Å². The number of hydrogen-bond donors (Lipinski definition) is 0. The Hall–Kier alpha value is -2.45. The fraction of sp³-hybridized carbons (Fsp3) is 0.300. The van der Waals surface area contributed by atoms with Gasteiger partial charge in [0.25, 0.3) is 10.0 Å². The van der Waals surface area contributed by atoms with Crippen LogP contribution in [0.2, 0.25) is 0 Å². The summed E-state index contributed by atoms with van der Waals surface area (Å²) in [5.41, 5.74) is 2.21. The summed E-state index contributed by atoms with van der Waals surface area (Å²) in [5, 5.41) is 0. The van der Waals surface area contributed by atoms with E-state index in [1.807, 2.05) is 31.2 Å². The first-order chi connectivity index (χ1) is 12.1. The van der Waals surface area contributed by atoms with Crippen LogP contribution in [0.5, 0.6) is 0 Å². The molecule has 1 aromatic heterocycles. The van der Waals surface area contributed by atoms with Gasteiger partial charge in [0.15, 0.2) is 5.76 Å². The highest BCUT2D eigenvalue weighted by atomic mass is 32.2. The van der Waals surface area contributed by atoms with Gasteiger partial charge in [0.05, 0.1) is 11.2 Å². The summed E-state index contributed by atoms with van der Waals surface area (Å²) < 4.78 is 31.9. The summed E-state index contributed by atoms with van der Waals surface area (Å²) in [6.45, 7) is 2.46. The molecule has 0 unspecified atom stereocenters. The molecule has 0 bridgehead atoms. The van der Waals surface area contributed by atoms with E-state index in [4.69, 9.17) is 4.42 Å². The lowest BCUT2D eigenvalue weighted by Gasteiger charge is -2.15. The maximum absolute atomic E-state index is 12.6. The van der Waals surface area contributed by atoms with Crippen LogP contribution in [-0.4, -0.2) is 19.3 Å². The maximum Gasteiger partial charge on any atom is 0.263 e. The summed E-state index contributed by atoms with van der Waals surface area (Å²) in [6, 6.07) is 10.6. The van der Waals surface area contributed by atoms with Crippen molar-refractivity contribution < 1.29 is 12.8 Å². The lowest BCUT2D eigenvalue weighted by molar-refractivity contribution is 0.516. The van der Waals surface area contributed by atoms with Crippen molar-refractivity contribution in [2.45, 2.75) is 37.5 Å². The van der Waals surface area contributed by atoms with E-state index < -0.39 is 10.0 Å². The topological polar surface area (TPSA) is 50.5 Å². The van der Waals surface area contributed by atoms with E-state index in [1.54, 1.807) is 24.6 Å². The first kappa shape index (κ1) is 17.4. The van der Waals surface area contributed by atoms with Gasteiger partial charge in [0, 0.05) is 19.2 Å². The summed E-state index contributed by atoms with van der Waals surface area (Å²) in [7, 11) is -3.44. The number of aryl methyl sites for hydroxylation is 1. The molecule has 3 rings (SSSR count). The number of sulfonamides is 1. The van der Waals surface area contributed by atoms with Crippen molar-refractivity contribution in [3.63, 3.8) is 0 Å². The van der Waals surface area contributed by atoms with Gasteiger partial charge in [-0.05, 0) is 56.4 Å². The van der Waals surface area contributed by atoms with Crippen LogP contribution < -0.4 is 0 Å². The molecular weight excluding hydrogens is 334 g/mol. The molecule has 25 heavy (non-hydrogen) atoms. The Labute approximate surface area is 149 Å². The van der Waals surface area contributed by atoms with Gasteiger partial charge in [-0.2, -0.15) is 0 Å². The number of hydrogen-bond acceptors (Lipinski definition) is 3. The zero-order valence-corrected chi connectivity index (χ0v) is 15.1. The number of unbranched alkanes of at least 4 members (excludes halogenated alkanes) is 1. The average molecular weight is 355 g/mol. The summed E-state index contributed by atoms with van der Waals surface area (Å²) >= 11 is 0. The van der Waals surface area contributed by atoms with Crippen LogP contribution in [0.25, 0.3) is 0 Å². The third-order valence-electron chi connectivity index (χ3n) is 4.14. The summed E-state index contributed by atoms with van der Waals surface area (Å²) in [4.78, 5) is 0.347. The second-order valence-corrected chi connectivity index (χ2v) is 7.99. The van der Waals surface area contributed by atoms with Crippen LogP contribution in [0, 0.1) is 18.8 Å². The van der Waals surface area contributed by atoms with Gasteiger partial charge in [-0.15, -0.1) is 0 Å². The molecule has 5 heteroatoms. The summed E-state index contributed by atoms with van der Waals surface area (Å²) in [5.74, 6) is 6.72. The highest BCUT2D eigenvalue weighted by Crippen LogP contribution is 2.26. The molecule has 4 nitrogen and oxygen atoms in total. The lowest BCUT2D eigenvalue weighted by atomic mass is 10.1. The normalized spacial score (nSPS) is 14.1. The molecule has 0 amide bonds. The zero-order chi connectivity index (χ0) is 17.7. The monoisotopic (exact) mass is 355 g/mol. The van der Waals surface area contributed by atoms with Crippen LogP contribution in [0.1, 0.15) is 37.0 Å².